The van der Waals surface area contributed by atoms with E-state index in [1.165, 1.54) is 0 Å². The molecule has 0 saturated carbocycles. The third-order valence-electron chi connectivity index (χ3n) is 4.48. The van der Waals surface area contributed by atoms with Gasteiger partial charge in [-0.25, -0.2) is 4.99 Å². The summed E-state index contributed by atoms with van der Waals surface area (Å²) in [6, 6.07) is 0.306. The SMILES string of the molecule is CC(C)(C)/C(N)=N/C(=S)NC(=O)[C@@H]1CCCN1C1CCOCC1. The van der Waals surface area contributed by atoms with E-state index in [0.29, 0.717) is 11.9 Å². The third kappa shape index (κ3) is 4.96. The van der Waals surface area contributed by atoms with E-state index in [1.54, 1.807) is 0 Å². The van der Waals surface area contributed by atoms with Crippen molar-refractivity contribution >= 4 is 29.1 Å². The average Bonchev–Trinajstić information content (AvgIpc) is 2.96. The van der Waals surface area contributed by atoms with E-state index in [-0.39, 0.29) is 22.5 Å². The number of likely N-dealkylation sites (tertiary alicyclic amines) is 1. The number of hydrogen-bond acceptors (Lipinski definition) is 4. The van der Waals surface area contributed by atoms with Crippen LogP contribution in [0, 0.1) is 5.41 Å². The Bertz CT molecular complexity index is 481. The molecule has 2 heterocycles. The van der Waals surface area contributed by atoms with Crippen molar-refractivity contribution in [3.05, 3.63) is 0 Å². The van der Waals surface area contributed by atoms with Crippen LogP contribution in [-0.2, 0) is 9.53 Å². The number of nitrogens with two attached hydrogens (primary N) is 1. The minimum atomic E-state index is -0.268. The smallest absolute Gasteiger partial charge is 0.243 e. The number of carbonyl (C=O) groups is 1. The van der Waals surface area contributed by atoms with E-state index in [0.717, 1.165) is 45.4 Å². The van der Waals surface area contributed by atoms with Crippen molar-refractivity contribution in [2.24, 2.45) is 16.1 Å². The number of nitrogens with zero attached hydrogens (tertiary/aromatic N) is 2. The molecule has 0 bridgehead atoms. The minimum Gasteiger partial charge on any atom is -0.387 e. The number of amidine groups is 1. The minimum absolute atomic E-state index is 0.0653. The molecule has 2 saturated heterocycles. The Morgan fingerprint density at radius 1 is 1.30 bits per heavy atom. The van der Waals surface area contributed by atoms with Gasteiger partial charge < -0.3 is 10.5 Å². The summed E-state index contributed by atoms with van der Waals surface area (Å²) in [4.78, 5) is 19.0. The van der Waals surface area contributed by atoms with Crippen LogP contribution in [0.2, 0.25) is 0 Å². The van der Waals surface area contributed by atoms with Crippen molar-refractivity contribution in [1.29, 1.82) is 0 Å². The molecule has 130 valence electrons. The molecule has 0 unspecified atom stereocenters. The molecule has 1 amide bonds. The number of thiocarbonyl (C=S) groups is 1. The summed E-state index contributed by atoms with van der Waals surface area (Å²) in [5, 5.41) is 2.90. The van der Waals surface area contributed by atoms with E-state index in [4.69, 9.17) is 22.7 Å². The monoisotopic (exact) mass is 340 g/mol. The lowest BCUT2D eigenvalue weighted by Gasteiger charge is -2.34. The normalized spacial score (nSPS) is 24.7. The number of hydrogen-bond donors (Lipinski definition) is 2. The zero-order valence-electron chi connectivity index (χ0n) is 14.3. The molecule has 7 heteroatoms. The Labute approximate surface area is 143 Å². The van der Waals surface area contributed by atoms with Gasteiger partial charge in [-0.1, -0.05) is 20.8 Å². The van der Waals surface area contributed by atoms with Crippen molar-refractivity contribution in [2.45, 2.75) is 58.5 Å². The molecule has 1 atom stereocenters. The quantitative estimate of drug-likeness (QED) is 0.452. The highest BCUT2D eigenvalue weighted by molar-refractivity contribution is 7.80. The van der Waals surface area contributed by atoms with E-state index in [9.17, 15) is 4.79 Å². The number of rotatable bonds is 2. The highest BCUT2D eigenvalue weighted by Crippen LogP contribution is 2.25. The van der Waals surface area contributed by atoms with Crippen LogP contribution >= 0.6 is 12.2 Å². The van der Waals surface area contributed by atoms with Crippen molar-refractivity contribution in [1.82, 2.24) is 10.2 Å². The summed E-state index contributed by atoms with van der Waals surface area (Å²) in [6.45, 7) is 8.39. The summed E-state index contributed by atoms with van der Waals surface area (Å²) in [5.74, 6) is 0.361. The highest BCUT2D eigenvalue weighted by atomic mass is 32.1. The fourth-order valence-corrected chi connectivity index (χ4v) is 3.22. The van der Waals surface area contributed by atoms with Gasteiger partial charge in [0.25, 0.3) is 0 Å². The average molecular weight is 340 g/mol. The van der Waals surface area contributed by atoms with Gasteiger partial charge in [0.1, 0.15) is 5.84 Å². The molecule has 0 radical (unpaired) electrons. The lowest BCUT2D eigenvalue weighted by molar-refractivity contribution is -0.125. The standard InChI is InChI=1S/C16H28N4O2S/c1-16(2,3)14(17)19-15(23)18-13(21)12-5-4-8-20(12)11-6-9-22-10-7-11/h11-12H,4-10H2,1-3H3,(H3,17,18,19,21,23)/t12-/m0/s1. The Morgan fingerprint density at radius 3 is 2.57 bits per heavy atom. The van der Waals surface area contributed by atoms with Crippen molar-refractivity contribution in [2.75, 3.05) is 19.8 Å². The molecule has 2 aliphatic rings. The molecular weight excluding hydrogens is 312 g/mol. The van der Waals surface area contributed by atoms with Gasteiger partial charge in [-0.2, -0.15) is 0 Å². The van der Waals surface area contributed by atoms with Crippen LogP contribution in [0.3, 0.4) is 0 Å². The Balaban J connectivity index is 1.95. The molecule has 0 aromatic rings. The Morgan fingerprint density at radius 2 is 1.96 bits per heavy atom. The topological polar surface area (TPSA) is 79.9 Å². The van der Waals surface area contributed by atoms with Crippen LogP contribution in [0.15, 0.2) is 4.99 Å². The van der Waals surface area contributed by atoms with Gasteiger partial charge in [-0.05, 0) is 44.4 Å². The zero-order valence-corrected chi connectivity index (χ0v) is 15.1. The van der Waals surface area contributed by atoms with Gasteiger partial charge in [0.05, 0.1) is 6.04 Å². The number of nitrogens with one attached hydrogen (secondary N) is 1. The van der Waals surface area contributed by atoms with Crippen LogP contribution in [0.1, 0.15) is 46.5 Å². The van der Waals surface area contributed by atoms with Crippen LogP contribution < -0.4 is 11.1 Å². The predicted octanol–water partition coefficient (Wildman–Crippen LogP) is 1.43. The van der Waals surface area contributed by atoms with Gasteiger partial charge in [0.15, 0.2) is 0 Å². The third-order valence-corrected chi connectivity index (χ3v) is 4.67. The van der Waals surface area contributed by atoms with Crippen molar-refractivity contribution in [3.8, 4) is 0 Å². The number of amides is 1. The number of carbonyl (C=O) groups excluding carboxylic acids is 1. The second-order valence-corrected chi connectivity index (χ2v) is 7.67. The first-order chi connectivity index (χ1) is 10.8. The highest BCUT2D eigenvalue weighted by Gasteiger charge is 2.36. The fourth-order valence-electron chi connectivity index (χ4n) is 3.02. The van der Waals surface area contributed by atoms with E-state index in [1.807, 2.05) is 20.8 Å². The van der Waals surface area contributed by atoms with E-state index in [2.05, 4.69) is 15.2 Å². The summed E-state index contributed by atoms with van der Waals surface area (Å²) in [7, 11) is 0. The molecule has 0 aromatic carbocycles. The van der Waals surface area contributed by atoms with Crippen LogP contribution in [0.25, 0.3) is 0 Å². The van der Waals surface area contributed by atoms with Crippen LogP contribution in [-0.4, -0.2) is 53.6 Å². The maximum atomic E-state index is 12.6. The second-order valence-electron chi connectivity index (χ2n) is 7.28. The van der Waals surface area contributed by atoms with Crippen molar-refractivity contribution < 1.29 is 9.53 Å². The van der Waals surface area contributed by atoms with Crippen LogP contribution in [0.5, 0.6) is 0 Å². The number of aliphatic imine (C=N–C) groups is 1. The Hall–Kier alpha value is -1.05. The number of ether oxygens (including phenoxy) is 1. The van der Waals surface area contributed by atoms with E-state index >= 15 is 0 Å². The summed E-state index contributed by atoms with van der Waals surface area (Å²) >= 11 is 5.17. The fraction of sp³-hybridized carbons (Fsp3) is 0.812. The van der Waals surface area contributed by atoms with Gasteiger partial charge in [-0.3, -0.25) is 15.0 Å². The lowest BCUT2D eigenvalue weighted by atomic mass is 9.95. The first-order valence-corrected chi connectivity index (χ1v) is 8.73. The molecule has 2 fully saturated rings. The summed E-state index contributed by atoms with van der Waals surface area (Å²) in [5.41, 5.74) is 5.64. The molecule has 0 aromatic heterocycles. The van der Waals surface area contributed by atoms with Gasteiger partial charge in [0.2, 0.25) is 11.0 Å². The van der Waals surface area contributed by atoms with Crippen molar-refractivity contribution in [3.63, 3.8) is 0 Å². The first kappa shape index (κ1) is 18.3. The summed E-state index contributed by atoms with van der Waals surface area (Å²) in [6.07, 6.45) is 3.88. The molecule has 0 aliphatic carbocycles. The lowest BCUT2D eigenvalue weighted by Crippen LogP contribution is -2.50. The predicted molar refractivity (Wildman–Crippen MR) is 95.4 cm³/mol. The van der Waals surface area contributed by atoms with Gasteiger partial charge >= 0.3 is 0 Å². The first-order valence-electron chi connectivity index (χ1n) is 8.32. The van der Waals surface area contributed by atoms with Gasteiger partial charge in [0, 0.05) is 24.7 Å². The largest absolute Gasteiger partial charge is 0.387 e. The molecule has 3 N–H and O–H groups in total. The molecular formula is C16H28N4O2S. The Kier molecular flexibility index (Phi) is 6.11. The van der Waals surface area contributed by atoms with Crippen LogP contribution in [0.4, 0.5) is 0 Å². The maximum absolute atomic E-state index is 12.6. The van der Waals surface area contributed by atoms with E-state index < -0.39 is 0 Å². The second kappa shape index (κ2) is 7.68. The maximum Gasteiger partial charge on any atom is 0.243 e. The molecule has 6 nitrogen and oxygen atoms in total. The molecule has 2 rings (SSSR count). The molecule has 0 spiro atoms. The molecule has 2 aliphatic heterocycles. The van der Waals surface area contributed by atoms with Gasteiger partial charge in [-0.15, -0.1) is 0 Å². The zero-order chi connectivity index (χ0) is 17.0. The summed E-state index contributed by atoms with van der Waals surface area (Å²) < 4.78 is 5.42. The molecule has 23 heavy (non-hydrogen) atoms.